The molecule has 2 aromatic heterocycles. The minimum Gasteiger partial charge on any atom is -0.275 e. The molecule has 4 heteroatoms. The number of rotatable bonds is 7. The van der Waals surface area contributed by atoms with Gasteiger partial charge in [0.2, 0.25) is 0 Å². The van der Waals surface area contributed by atoms with Gasteiger partial charge in [-0.05, 0) is 79.1 Å². The lowest BCUT2D eigenvalue weighted by atomic mass is 9.96. The monoisotopic (exact) mass is 565 g/mol. The number of benzene rings is 4. The van der Waals surface area contributed by atoms with Crippen LogP contribution in [-0.4, -0.2) is 14.8 Å². The van der Waals surface area contributed by atoms with Crippen molar-refractivity contribution in [2.45, 2.75) is 46.5 Å². The second-order valence-electron chi connectivity index (χ2n) is 11.6. The molecule has 0 amide bonds. The lowest BCUT2D eigenvalue weighted by molar-refractivity contribution is 0.734. The van der Waals surface area contributed by atoms with Gasteiger partial charge in [0.05, 0.1) is 0 Å². The fourth-order valence-electron chi connectivity index (χ4n) is 5.96. The van der Waals surface area contributed by atoms with E-state index in [0.717, 1.165) is 41.3 Å². The summed E-state index contributed by atoms with van der Waals surface area (Å²) in [5.41, 5.74) is 8.54. The summed E-state index contributed by atoms with van der Waals surface area (Å²) in [5, 5.41) is 12.2. The number of fused-ring (bicyclic) bond motifs is 3. The van der Waals surface area contributed by atoms with Gasteiger partial charge < -0.3 is 0 Å². The highest BCUT2D eigenvalue weighted by Gasteiger charge is 2.20. The average molecular weight is 566 g/mol. The van der Waals surface area contributed by atoms with E-state index in [4.69, 9.17) is 5.10 Å². The second-order valence-corrected chi connectivity index (χ2v) is 12.6. The highest BCUT2D eigenvalue weighted by Crippen LogP contribution is 2.42. The minimum absolute atomic E-state index is 0.538. The van der Waals surface area contributed by atoms with Gasteiger partial charge in [-0.15, -0.1) is 21.5 Å². The van der Waals surface area contributed by atoms with Crippen molar-refractivity contribution in [2.75, 3.05) is 0 Å². The molecular formula is C38H35N3S. The topological polar surface area (TPSA) is 30.7 Å². The van der Waals surface area contributed by atoms with Gasteiger partial charge in [0.15, 0.2) is 11.6 Å². The zero-order chi connectivity index (χ0) is 28.6. The van der Waals surface area contributed by atoms with Crippen LogP contribution in [0.3, 0.4) is 0 Å². The number of hydrogen-bond acceptors (Lipinski definition) is 3. The van der Waals surface area contributed by atoms with E-state index >= 15 is 0 Å². The summed E-state index contributed by atoms with van der Waals surface area (Å²) in [6, 6.07) is 31.0. The smallest absolute Gasteiger partial charge is 0.168 e. The summed E-state index contributed by atoms with van der Waals surface area (Å²) in [4.78, 5) is 0. The summed E-state index contributed by atoms with van der Waals surface area (Å²) in [6.45, 7) is 6.70. The number of aromatic nitrogens is 3. The van der Waals surface area contributed by atoms with Gasteiger partial charge in [0.1, 0.15) is 0 Å². The van der Waals surface area contributed by atoms with Crippen LogP contribution in [0.4, 0.5) is 0 Å². The first kappa shape index (κ1) is 26.6. The second kappa shape index (κ2) is 11.2. The maximum atomic E-state index is 4.73. The fraction of sp³-hybridized carbons (Fsp3) is 0.211. The summed E-state index contributed by atoms with van der Waals surface area (Å²) >= 11 is 1.91. The van der Waals surface area contributed by atoms with E-state index in [-0.39, 0.29) is 0 Å². The molecule has 42 heavy (non-hydrogen) atoms. The predicted molar refractivity (Wildman–Crippen MR) is 180 cm³/mol. The summed E-state index contributed by atoms with van der Waals surface area (Å²) in [6.07, 6.45) is 11.3. The molecule has 1 atom stereocenters. The molecule has 0 fully saturated rings. The van der Waals surface area contributed by atoms with Crippen molar-refractivity contribution in [3.05, 3.63) is 114 Å². The van der Waals surface area contributed by atoms with Crippen LogP contribution < -0.4 is 0 Å². The molecule has 0 N–H and O–H groups in total. The van der Waals surface area contributed by atoms with Crippen LogP contribution in [0.2, 0.25) is 0 Å². The fourth-order valence-corrected chi connectivity index (χ4v) is 7.16. The predicted octanol–water partition coefficient (Wildman–Crippen LogP) is 10.7. The normalized spacial score (nSPS) is 15.0. The highest BCUT2D eigenvalue weighted by molar-refractivity contribution is 7.26. The first-order valence-electron chi connectivity index (χ1n) is 15.0. The number of nitrogens with zero attached hydrogens (tertiary/aromatic N) is 3. The molecule has 1 aliphatic carbocycles. The van der Waals surface area contributed by atoms with Crippen LogP contribution >= 0.6 is 11.3 Å². The Morgan fingerprint density at radius 3 is 2.29 bits per heavy atom. The molecule has 0 aliphatic heterocycles. The van der Waals surface area contributed by atoms with E-state index < -0.39 is 0 Å². The average Bonchev–Trinajstić information content (AvgIpc) is 3.63. The number of aryl methyl sites for hydroxylation is 2. The molecule has 208 valence electrons. The molecule has 6 aromatic rings. The van der Waals surface area contributed by atoms with Gasteiger partial charge in [-0.1, -0.05) is 98.6 Å². The molecule has 4 aromatic carbocycles. The third kappa shape index (κ3) is 4.90. The number of unbranched alkanes of at least 4 members (excludes halogenated alkanes) is 1. The first-order valence-corrected chi connectivity index (χ1v) is 15.9. The Morgan fingerprint density at radius 2 is 1.57 bits per heavy atom. The Hall–Kier alpha value is -4.28. The van der Waals surface area contributed by atoms with Gasteiger partial charge in [-0.2, -0.15) is 0 Å². The molecule has 1 unspecified atom stereocenters. The number of thiophene rings is 1. The summed E-state index contributed by atoms with van der Waals surface area (Å²) in [7, 11) is 0. The van der Waals surface area contributed by atoms with Crippen LogP contribution in [0.5, 0.6) is 0 Å². The Morgan fingerprint density at radius 1 is 0.833 bits per heavy atom. The SMILES string of the molecule is CCCCc1cc(-c2ccc(-c3nnc(-c4ccccc4)n3C3=CCC(C)C=C3)cc2)c2sc3ccc(C)cc3c2c1. The van der Waals surface area contributed by atoms with E-state index in [0.29, 0.717) is 5.92 Å². The summed E-state index contributed by atoms with van der Waals surface area (Å²) in [5.74, 6) is 2.27. The molecule has 0 radical (unpaired) electrons. The van der Waals surface area contributed by atoms with Crippen LogP contribution in [0.25, 0.3) is 59.8 Å². The number of allylic oxidation sites excluding steroid dienone is 4. The van der Waals surface area contributed by atoms with Gasteiger partial charge in [-0.25, -0.2) is 0 Å². The zero-order valence-corrected chi connectivity index (χ0v) is 25.3. The van der Waals surface area contributed by atoms with Crippen molar-refractivity contribution in [3.63, 3.8) is 0 Å². The highest BCUT2D eigenvalue weighted by atomic mass is 32.1. The largest absolute Gasteiger partial charge is 0.275 e. The van der Waals surface area contributed by atoms with E-state index in [2.05, 4.69) is 128 Å². The molecule has 3 nitrogen and oxygen atoms in total. The maximum Gasteiger partial charge on any atom is 0.168 e. The third-order valence-electron chi connectivity index (χ3n) is 8.31. The van der Waals surface area contributed by atoms with E-state index in [1.54, 1.807) is 0 Å². The Kier molecular flexibility index (Phi) is 7.09. The van der Waals surface area contributed by atoms with Gasteiger partial charge in [0, 0.05) is 37.0 Å². The van der Waals surface area contributed by atoms with Crippen molar-refractivity contribution in [3.8, 4) is 33.9 Å². The zero-order valence-electron chi connectivity index (χ0n) is 24.5. The van der Waals surface area contributed by atoms with Crippen LogP contribution in [0.15, 0.2) is 103 Å². The van der Waals surface area contributed by atoms with E-state index in [1.807, 2.05) is 17.4 Å². The lowest BCUT2D eigenvalue weighted by Crippen LogP contribution is -2.05. The standard InChI is InChI=1S/C38H35N3S/c1-4-5-9-27-23-32(36-34(24-27)33-22-26(3)14-21-35(33)42-36)28-15-17-30(18-16-28)38-40-39-37(29-10-7-6-8-11-29)41(38)31-19-12-25(2)13-20-31/h6-8,10-12,14-25H,4-5,9,13H2,1-3H3. The quantitative estimate of drug-likeness (QED) is 0.193. The summed E-state index contributed by atoms with van der Waals surface area (Å²) < 4.78 is 4.93. The van der Waals surface area contributed by atoms with E-state index in [9.17, 15) is 0 Å². The molecule has 0 spiro atoms. The van der Waals surface area contributed by atoms with Gasteiger partial charge in [0.25, 0.3) is 0 Å². The molecule has 2 heterocycles. The first-order chi connectivity index (χ1) is 20.6. The van der Waals surface area contributed by atoms with Crippen molar-refractivity contribution in [1.29, 1.82) is 0 Å². The molecule has 0 bridgehead atoms. The maximum absolute atomic E-state index is 4.73. The Balaban J connectivity index is 1.34. The Bertz CT molecular complexity index is 1960. The molecule has 1 aliphatic rings. The molecular weight excluding hydrogens is 531 g/mol. The molecule has 0 saturated heterocycles. The van der Waals surface area contributed by atoms with Crippen molar-refractivity contribution >= 4 is 37.2 Å². The third-order valence-corrected chi connectivity index (χ3v) is 9.53. The van der Waals surface area contributed by atoms with Crippen molar-refractivity contribution in [1.82, 2.24) is 14.8 Å². The van der Waals surface area contributed by atoms with Crippen LogP contribution in [-0.2, 0) is 6.42 Å². The van der Waals surface area contributed by atoms with Crippen molar-refractivity contribution in [2.24, 2.45) is 5.92 Å². The van der Waals surface area contributed by atoms with Crippen LogP contribution in [0.1, 0.15) is 44.2 Å². The molecule has 0 saturated carbocycles. The molecule has 7 rings (SSSR count). The van der Waals surface area contributed by atoms with Gasteiger partial charge >= 0.3 is 0 Å². The van der Waals surface area contributed by atoms with Gasteiger partial charge in [-0.3, -0.25) is 4.57 Å². The number of hydrogen-bond donors (Lipinski definition) is 0. The Labute approximate surface area is 251 Å². The van der Waals surface area contributed by atoms with Crippen LogP contribution in [0, 0.1) is 12.8 Å². The minimum atomic E-state index is 0.538. The van der Waals surface area contributed by atoms with Crippen molar-refractivity contribution < 1.29 is 0 Å². The van der Waals surface area contributed by atoms with E-state index in [1.165, 1.54) is 55.3 Å². The lowest BCUT2D eigenvalue weighted by Gasteiger charge is -2.17.